The fraction of sp³-hybridized carbons (Fsp3) is 0.952. The molecule has 0 rings (SSSR count). The van der Waals surface area contributed by atoms with Crippen LogP contribution in [0.4, 0.5) is 0 Å². The van der Waals surface area contributed by atoms with Crippen molar-refractivity contribution in [1.82, 2.24) is 0 Å². The van der Waals surface area contributed by atoms with Gasteiger partial charge in [-0.1, -0.05) is 317 Å². The van der Waals surface area contributed by atoms with E-state index in [2.05, 4.69) is 27.7 Å². The van der Waals surface area contributed by atoms with Crippen LogP contribution in [0.5, 0.6) is 0 Å². The van der Waals surface area contributed by atoms with Crippen molar-refractivity contribution in [1.29, 1.82) is 0 Å². The molecule has 0 aliphatic carbocycles. The molecule has 0 radical (unpaired) electrons. The molecule has 0 saturated carbocycles. The normalized spacial score (nSPS) is 12.0. The highest BCUT2D eigenvalue weighted by Crippen LogP contribution is 2.18. The van der Waals surface area contributed by atoms with E-state index in [-0.39, 0.29) is 31.1 Å². The van der Waals surface area contributed by atoms with Crippen LogP contribution in [0.25, 0.3) is 0 Å². The highest BCUT2D eigenvalue weighted by molar-refractivity contribution is 5.71. The van der Waals surface area contributed by atoms with E-state index in [9.17, 15) is 14.4 Å². The zero-order valence-electron chi connectivity index (χ0n) is 46.6. The molecule has 0 aromatic rings. The van der Waals surface area contributed by atoms with E-state index in [1.54, 1.807) is 0 Å². The van der Waals surface area contributed by atoms with Crippen molar-refractivity contribution < 1.29 is 28.6 Å². The number of hydrogen-bond donors (Lipinski definition) is 0. The maximum Gasteiger partial charge on any atom is 0.306 e. The average Bonchev–Trinajstić information content (AvgIpc) is 3.32. The summed E-state index contributed by atoms with van der Waals surface area (Å²) in [5.74, 6) is 0.0188. The molecule has 0 aromatic carbocycles. The van der Waals surface area contributed by atoms with Crippen molar-refractivity contribution in [2.75, 3.05) is 13.2 Å². The van der Waals surface area contributed by atoms with Gasteiger partial charge in [0.15, 0.2) is 6.10 Å². The molecular formula is C62H120O6. The van der Waals surface area contributed by atoms with Gasteiger partial charge < -0.3 is 14.2 Å². The molecule has 1 atom stereocenters. The first kappa shape index (κ1) is 66.4. The van der Waals surface area contributed by atoms with Gasteiger partial charge in [-0.15, -0.1) is 0 Å². The van der Waals surface area contributed by atoms with Crippen LogP contribution >= 0.6 is 0 Å². The quantitative estimate of drug-likeness (QED) is 0.0343. The largest absolute Gasteiger partial charge is 0.462 e. The number of unbranched alkanes of at least 4 members (excludes halogenated alkanes) is 44. The molecule has 0 fully saturated rings. The maximum atomic E-state index is 12.9. The first-order valence-electron chi connectivity index (χ1n) is 30.9. The summed E-state index contributed by atoms with van der Waals surface area (Å²) in [6.07, 6.45) is 62.4. The van der Waals surface area contributed by atoms with Gasteiger partial charge >= 0.3 is 17.9 Å². The summed E-state index contributed by atoms with van der Waals surface area (Å²) < 4.78 is 16.9. The third-order valence-corrected chi connectivity index (χ3v) is 14.3. The lowest BCUT2D eigenvalue weighted by atomic mass is 10.0. The Morgan fingerprint density at radius 3 is 0.721 bits per heavy atom. The van der Waals surface area contributed by atoms with E-state index in [0.29, 0.717) is 19.3 Å². The molecule has 68 heavy (non-hydrogen) atoms. The lowest BCUT2D eigenvalue weighted by Gasteiger charge is -2.18. The van der Waals surface area contributed by atoms with Gasteiger partial charge in [0.05, 0.1) is 0 Å². The molecule has 0 aliphatic rings. The Labute approximate surface area is 425 Å². The summed E-state index contributed by atoms with van der Waals surface area (Å²) in [6, 6.07) is 0. The van der Waals surface area contributed by atoms with Crippen LogP contribution in [0.1, 0.15) is 355 Å². The van der Waals surface area contributed by atoms with Gasteiger partial charge in [-0.05, 0) is 25.2 Å². The number of esters is 3. The van der Waals surface area contributed by atoms with Crippen molar-refractivity contribution in [2.24, 2.45) is 5.92 Å². The monoisotopic (exact) mass is 961 g/mol. The topological polar surface area (TPSA) is 78.9 Å². The summed E-state index contributed by atoms with van der Waals surface area (Å²) in [7, 11) is 0. The van der Waals surface area contributed by atoms with Gasteiger partial charge in [0, 0.05) is 19.3 Å². The Bertz CT molecular complexity index is 1030. The standard InChI is InChI=1S/C62H120O6/c1-5-7-9-11-13-15-17-19-20-21-22-23-26-31-35-39-43-47-51-55-62(65)68-59(56-66-60(63)53-49-45-41-37-33-28-18-16-14-12-10-8-6-2)57-67-61(64)54-50-46-42-38-34-30-27-24-25-29-32-36-40-44-48-52-58(3)4/h58-59H,5-57H2,1-4H3/t59-/m0/s1. The van der Waals surface area contributed by atoms with Gasteiger partial charge in [0.2, 0.25) is 0 Å². The van der Waals surface area contributed by atoms with E-state index in [0.717, 1.165) is 63.7 Å². The predicted molar refractivity (Wildman–Crippen MR) is 293 cm³/mol. The van der Waals surface area contributed by atoms with Crippen molar-refractivity contribution in [3.63, 3.8) is 0 Å². The lowest BCUT2D eigenvalue weighted by molar-refractivity contribution is -0.167. The fourth-order valence-electron chi connectivity index (χ4n) is 9.63. The van der Waals surface area contributed by atoms with E-state index in [1.807, 2.05) is 0 Å². The highest BCUT2D eigenvalue weighted by atomic mass is 16.6. The van der Waals surface area contributed by atoms with E-state index >= 15 is 0 Å². The molecule has 6 heteroatoms. The van der Waals surface area contributed by atoms with Crippen LogP contribution in [0.3, 0.4) is 0 Å². The number of carbonyl (C=O) groups excluding carboxylic acids is 3. The van der Waals surface area contributed by atoms with Crippen molar-refractivity contribution in [2.45, 2.75) is 361 Å². The molecule has 0 amide bonds. The summed E-state index contributed by atoms with van der Waals surface area (Å²) in [5, 5.41) is 0. The number of hydrogen-bond acceptors (Lipinski definition) is 6. The minimum absolute atomic E-state index is 0.0614. The third kappa shape index (κ3) is 55.3. The van der Waals surface area contributed by atoms with Gasteiger partial charge in [-0.2, -0.15) is 0 Å². The van der Waals surface area contributed by atoms with E-state index in [1.165, 1.54) is 250 Å². The first-order chi connectivity index (χ1) is 33.4. The number of carbonyl (C=O) groups is 3. The molecule has 0 N–H and O–H groups in total. The van der Waals surface area contributed by atoms with Gasteiger partial charge in [0.1, 0.15) is 13.2 Å². The molecule has 0 unspecified atom stereocenters. The SMILES string of the molecule is CCCCCCCCCCCCCCCCCCCCCC(=O)O[C@@H](COC(=O)CCCCCCCCCCCCCCC)COC(=O)CCCCCCCCCCCCCCCCCC(C)C. The summed E-state index contributed by atoms with van der Waals surface area (Å²) >= 11 is 0. The molecule has 0 bridgehead atoms. The fourth-order valence-corrected chi connectivity index (χ4v) is 9.63. The molecule has 0 saturated heterocycles. The van der Waals surface area contributed by atoms with Crippen LogP contribution in [0, 0.1) is 5.92 Å². The van der Waals surface area contributed by atoms with E-state index < -0.39 is 6.10 Å². The minimum atomic E-state index is -0.762. The predicted octanol–water partition coefficient (Wildman–Crippen LogP) is 20.6. The summed E-state index contributed by atoms with van der Waals surface area (Å²) in [6.45, 7) is 9.08. The number of ether oxygens (including phenoxy) is 3. The second-order valence-electron chi connectivity index (χ2n) is 21.8. The van der Waals surface area contributed by atoms with Crippen molar-refractivity contribution >= 4 is 17.9 Å². The van der Waals surface area contributed by atoms with Gasteiger partial charge in [0.25, 0.3) is 0 Å². The Morgan fingerprint density at radius 2 is 0.485 bits per heavy atom. The Hall–Kier alpha value is -1.59. The summed E-state index contributed by atoms with van der Waals surface area (Å²) in [5.41, 5.74) is 0. The van der Waals surface area contributed by atoms with Crippen molar-refractivity contribution in [3.05, 3.63) is 0 Å². The second kappa shape index (κ2) is 56.3. The summed E-state index contributed by atoms with van der Waals surface area (Å²) in [4.78, 5) is 38.2. The van der Waals surface area contributed by atoms with E-state index in [4.69, 9.17) is 14.2 Å². The molecule has 0 aromatic heterocycles. The van der Waals surface area contributed by atoms with Crippen LogP contribution in [0.2, 0.25) is 0 Å². The van der Waals surface area contributed by atoms with Crippen LogP contribution in [-0.4, -0.2) is 37.2 Å². The zero-order chi connectivity index (χ0) is 49.5. The zero-order valence-corrected chi connectivity index (χ0v) is 46.6. The lowest BCUT2D eigenvalue weighted by Crippen LogP contribution is -2.30. The first-order valence-corrected chi connectivity index (χ1v) is 30.9. The van der Waals surface area contributed by atoms with Crippen LogP contribution in [-0.2, 0) is 28.6 Å². The van der Waals surface area contributed by atoms with Crippen LogP contribution in [0.15, 0.2) is 0 Å². The highest BCUT2D eigenvalue weighted by Gasteiger charge is 2.19. The third-order valence-electron chi connectivity index (χ3n) is 14.3. The molecule has 404 valence electrons. The number of rotatable bonds is 57. The van der Waals surface area contributed by atoms with Crippen molar-refractivity contribution in [3.8, 4) is 0 Å². The van der Waals surface area contributed by atoms with Crippen LogP contribution < -0.4 is 0 Å². The van der Waals surface area contributed by atoms with Gasteiger partial charge in [-0.25, -0.2) is 0 Å². The van der Waals surface area contributed by atoms with Gasteiger partial charge in [-0.3, -0.25) is 14.4 Å². The Balaban J connectivity index is 4.27. The minimum Gasteiger partial charge on any atom is -0.462 e. The molecule has 0 spiro atoms. The molecule has 0 aliphatic heterocycles. The molecule has 0 heterocycles. The Morgan fingerprint density at radius 1 is 0.279 bits per heavy atom. The maximum absolute atomic E-state index is 12.9. The Kier molecular flexibility index (Phi) is 55.0. The molecular weight excluding hydrogens is 841 g/mol. The smallest absolute Gasteiger partial charge is 0.306 e. The second-order valence-corrected chi connectivity index (χ2v) is 21.8. The molecule has 6 nitrogen and oxygen atoms in total. The average molecular weight is 962 g/mol.